The molecule has 0 atom stereocenters. The highest BCUT2D eigenvalue weighted by atomic mass is 79.9. The van der Waals surface area contributed by atoms with E-state index in [9.17, 15) is 0 Å². The fourth-order valence-corrected chi connectivity index (χ4v) is 3.78. The van der Waals surface area contributed by atoms with Gasteiger partial charge in [-0.3, -0.25) is 0 Å². The summed E-state index contributed by atoms with van der Waals surface area (Å²) in [5, 5.41) is 3.22. The zero-order valence-corrected chi connectivity index (χ0v) is 10.8. The molecular formula is C12H6BrClS. The van der Waals surface area contributed by atoms with E-state index in [2.05, 4.69) is 34.1 Å². The summed E-state index contributed by atoms with van der Waals surface area (Å²) < 4.78 is 3.62. The van der Waals surface area contributed by atoms with Crippen molar-refractivity contribution in [2.24, 2.45) is 0 Å². The lowest BCUT2D eigenvalue weighted by molar-refractivity contribution is 1.79. The zero-order chi connectivity index (χ0) is 10.4. The molecule has 0 nitrogen and oxygen atoms in total. The summed E-state index contributed by atoms with van der Waals surface area (Å²) in [7, 11) is 0. The van der Waals surface area contributed by atoms with E-state index < -0.39 is 0 Å². The Hall–Kier alpha value is -0.570. The van der Waals surface area contributed by atoms with Gasteiger partial charge < -0.3 is 0 Å². The van der Waals surface area contributed by atoms with Crippen LogP contribution in [0.15, 0.2) is 40.9 Å². The average molecular weight is 298 g/mol. The molecule has 0 radical (unpaired) electrons. The summed E-state index contributed by atoms with van der Waals surface area (Å²) in [4.78, 5) is 0. The number of thiophene rings is 1. The summed E-state index contributed by atoms with van der Waals surface area (Å²) in [5.74, 6) is 0. The molecule has 0 bridgehead atoms. The number of hydrogen-bond acceptors (Lipinski definition) is 1. The maximum atomic E-state index is 6.24. The van der Waals surface area contributed by atoms with Crippen LogP contribution in [0, 0.1) is 0 Å². The standard InChI is InChI=1S/C12H6BrClS/c13-8-5-6-9(14)11-7-3-1-2-4-10(7)15-12(8)11/h1-6H. The largest absolute Gasteiger partial charge is 0.134 e. The van der Waals surface area contributed by atoms with Crippen LogP contribution in [0.2, 0.25) is 5.02 Å². The van der Waals surface area contributed by atoms with Crippen LogP contribution in [0.4, 0.5) is 0 Å². The summed E-state index contributed by atoms with van der Waals surface area (Å²) in [6.45, 7) is 0. The Morgan fingerprint density at radius 2 is 1.87 bits per heavy atom. The highest BCUT2D eigenvalue weighted by Gasteiger charge is 2.09. The van der Waals surface area contributed by atoms with Gasteiger partial charge >= 0.3 is 0 Å². The van der Waals surface area contributed by atoms with E-state index >= 15 is 0 Å². The van der Waals surface area contributed by atoms with Crippen LogP contribution < -0.4 is 0 Å². The minimum Gasteiger partial charge on any atom is -0.134 e. The van der Waals surface area contributed by atoms with Gasteiger partial charge in [-0.05, 0) is 34.1 Å². The molecule has 74 valence electrons. The predicted molar refractivity (Wildman–Crippen MR) is 72.0 cm³/mol. The first kappa shape index (κ1) is 9.64. The Morgan fingerprint density at radius 3 is 2.73 bits per heavy atom. The quantitative estimate of drug-likeness (QED) is 0.516. The topological polar surface area (TPSA) is 0 Å². The second-order valence-electron chi connectivity index (χ2n) is 3.33. The lowest BCUT2D eigenvalue weighted by atomic mass is 10.1. The van der Waals surface area contributed by atoms with Crippen LogP contribution in [0.5, 0.6) is 0 Å². The molecule has 1 heterocycles. The Kier molecular flexibility index (Phi) is 2.23. The molecule has 0 saturated heterocycles. The second-order valence-corrected chi connectivity index (χ2v) is 5.65. The van der Waals surface area contributed by atoms with Crippen LogP contribution >= 0.6 is 38.9 Å². The van der Waals surface area contributed by atoms with Gasteiger partial charge in [0.05, 0.1) is 4.70 Å². The number of halogens is 2. The molecule has 3 heteroatoms. The molecule has 0 aliphatic heterocycles. The number of fused-ring (bicyclic) bond motifs is 3. The van der Waals surface area contributed by atoms with Crippen molar-refractivity contribution in [3.8, 4) is 0 Å². The fraction of sp³-hybridized carbons (Fsp3) is 0. The molecule has 0 fully saturated rings. The minimum absolute atomic E-state index is 0.825. The summed E-state index contributed by atoms with van der Waals surface area (Å²) in [6.07, 6.45) is 0. The van der Waals surface area contributed by atoms with Crippen molar-refractivity contribution < 1.29 is 0 Å². The molecule has 0 aliphatic carbocycles. The summed E-state index contributed by atoms with van der Waals surface area (Å²) >= 11 is 11.6. The van der Waals surface area contributed by atoms with Gasteiger partial charge in [0.1, 0.15) is 0 Å². The van der Waals surface area contributed by atoms with E-state index in [0.29, 0.717) is 0 Å². The maximum absolute atomic E-state index is 6.24. The molecule has 0 N–H and O–H groups in total. The molecule has 0 unspecified atom stereocenters. The second kappa shape index (κ2) is 3.48. The fourth-order valence-electron chi connectivity index (χ4n) is 1.76. The molecule has 0 amide bonds. The highest BCUT2D eigenvalue weighted by molar-refractivity contribution is 9.10. The minimum atomic E-state index is 0.825. The summed E-state index contributed by atoms with van der Waals surface area (Å²) in [5.41, 5.74) is 0. The van der Waals surface area contributed by atoms with Crippen molar-refractivity contribution >= 4 is 59.0 Å². The van der Waals surface area contributed by atoms with E-state index in [1.165, 1.54) is 14.8 Å². The number of benzene rings is 2. The van der Waals surface area contributed by atoms with Gasteiger partial charge in [0.15, 0.2) is 0 Å². The first-order chi connectivity index (χ1) is 7.27. The lowest BCUT2D eigenvalue weighted by Gasteiger charge is -1.96. The molecule has 0 spiro atoms. The van der Waals surface area contributed by atoms with Crippen molar-refractivity contribution in [3.63, 3.8) is 0 Å². The Balaban J connectivity index is 2.66. The Labute approximate surface area is 105 Å². The molecular weight excluding hydrogens is 292 g/mol. The maximum Gasteiger partial charge on any atom is 0.0512 e. The molecule has 15 heavy (non-hydrogen) atoms. The van der Waals surface area contributed by atoms with Crippen LogP contribution in [-0.2, 0) is 0 Å². The smallest absolute Gasteiger partial charge is 0.0512 e. The van der Waals surface area contributed by atoms with Crippen molar-refractivity contribution in [2.45, 2.75) is 0 Å². The Morgan fingerprint density at radius 1 is 1.07 bits per heavy atom. The third kappa shape index (κ3) is 1.40. The van der Waals surface area contributed by atoms with Crippen LogP contribution in [0.25, 0.3) is 20.2 Å². The first-order valence-corrected chi connectivity index (χ1v) is 6.51. The third-order valence-electron chi connectivity index (χ3n) is 2.43. The first-order valence-electron chi connectivity index (χ1n) is 4.52. The van der Waals surface area contributed by atoms with Gasteiger partial charge in [-0.25, -0.2) is 0 Å². The van der Waals surface area contributed by atoms with Gasteiger partial charge in [0, 0.05) is 25.0 Å². The van der Waals surface area contributed by atoms with E-state index in [0.717, 1.165) is 14.9 Å². The summed E-state index contributed by atoms with van der Waals surface area (Å²) in [6, 6.07) is 12.3. The lowest BCUT2D eigenvalue weighted by Crippen LogP contribution is -1.70. The highest BCUT2D eigenvalue weighted by Crippen LogP contribution is 2.41. The van der Waals surface area contributed by atoms with E-state index in [1.807, 2.05) is 18.2 Å². The molecule has 0 aliphatic rings. The van der Waals surface area contributed by atoms with Crippen LogP contribution in [0.3, 0.4) is 0 Å². The van der Waals surface area contributed by atoms with E-state index in [1.54, 1.807) is 11.3 Å². The van der Waals surface area contributed by atoms with E-state index in [4.69, 9.17) is 11.6 Å². The molecule has 3 aromatic rings. The molecule has 0 saturated carbocycles. The molecule has 1 aromatic heterocycles. The predicted octanol–water partition coefficient (Wildman–Crippen LogP) is 5.47. The van der Waals surface area contributed by atoms with Crippen LogP contribution in [0.1, 0.15) is 0 Å². The van der Waals surface area contributed by atoms with Gasteiger partial charge in [0.25, 0.3) is 0 Å². The molecule has 3 rings (SSSR count). The average Bonchev–Trinajstić information content (AvgIpc) is 2.64. The normalized spacial score (nSPS) is 11.3. The monoisotopic (exact) mass is 296 g/mol. The number of rotatable bonds is 0. The van der Waals surface area contributed by atoms with Crippen molar-refractivity contribution in [1.29, 1.82) is 0 Å². The van der Waals surface area contributed by atoms with Crippen molar-refractivity contribution in [2.75, 3.05) is 0 Å². The van der Waals surface area contributed by atoms with Gasteiger partial charge in [-0.15, -0.1) is 11.3 Å². The third-order valence-corrected chi connectivity index (χ3v) is 4.87. The Bertz CT molecular complexity index is 657. The molecule has 2 aromatic carbocycles. The van der Waals surface area contributed by atoms with Gasteiger partial charge in [0.2, 0.25) is 0 Å². The van der Waals surface area contributed by atoms with Crippen LogP contribution in [-0.4, -0.2) is 0 Å². The van der Waals surface area contributed by atoms with Crippen molar-refractivity contribution in [3.05, 3.63) is 45.9 Å². The SMILES string of the molecule is Clc1ccc(Br)c2sc3ccccc3c12. The zero-order valence-electron chi connectivity index (χ0n) is 7.63. The number of hydrogen-bond donors (Lipinski definition) is 0. The van der Waals surface area contributed by atoms with E-state index in [-0.39, 0.29) is 0 Å². The van der Waals surface area contributed by atoms with Crippen molar-refractivity contribution in [1.82, 2.24) is 0 Å². The van der Waals surface area contributed by atoms with Gasteiger partial charge in [-0.1, -0.05) is 29.8 Å². The van der Waals surface area contributed by atoms with Gasteiger partial charge in [-0.2, -0.15) is 0 Å².